The van der Waals surface area contributed by atoms with Gasteiger partial charge in [-0.2, -0.15) is 10.1 Å². The van der Waals surface area contributed by atoms with Gasteiger partial charge in [0.15, 0.2) is 5.82 Å². The van der Waals surface area contributed by atoms with E-state index in [1.54, 1.807) is 24.4 Å². The van der Waals surface area contributed by atoms with E-state index in [1.165, 1.54) is 6.20 Å². The normalized spacial score (nSPS) is 15.6. The lowest BCUT2D eigenvalue weighted by Crippen LogP contribution is -2.37. The van der Waals surface area contributed by atoms with E-state index in [0.29, 0.717) is 46.6 Å². The van der Waals surface area contributed by atoms with Gasteiger partial charge in [-0.05, 0) is 38.3 Å². The Morgan fingerprint density at radius 1 is 1.18 bits per heavy atom. The third kappa shape index (κ3) is 6.11. The van der Waals surface area contributed by atoms with Crippen LogP contribution >= 0.6 is 18.7 Å². The number of halogens is 3. The summed E-state index contributed by atoms with van der Waals surface area (Å²) >= 11 is 6.31. The Hall–Kier alpha value is -2.55. The minimum Gasteiger partial charge on any atom is -0.338 e. The van der Waals surface area contributed by atoms with E-state index < -0.39 is 13.6 Å². The highest BCUT2D eigenvalue weighted by Crippen LogP contribution is 2.38. The summed E-state index contributed by atoms with van der Waals surface area (Å²) in [6, 6.07) is 7.50. The van der Waals surface area contributed by atoms with E-state index in [-0.39, 0.29) is 12.6 Å². The first-order chi connectivity index (χ1) is 16.2. The van der Waals surface area contributed by atoms with Crippen LogP contribution in [0.4, 0.5) is 31.9 Å². The number of benzene rings is 1. The van der Waals surface area contributed by atoms with Crippen molar-refractivity contribution in [3.05, 3.63) is 47.9 Å². The maximum absolute atomic E-state index is 12.7. The molecule has 2 N–H and O–H groups in total. The molecule has 3 aromatic rings. The van der Waals surface area contributed by atoms with Crippen molar-refractivity contribution in [1.29, 1.82) is 0 Å². The molecule has 1 saturated heterocycles. The van der Waals surface area contributed by atoms with Crippen LogP contribution in [0, 0.1) is 0 Å². The molecule has 12 heteroatoms. The van der Waals surface area contributed by atoms with Crippen LogP contribution in [0.5, 0.6) is 0 Å². The van der Waals surface area contributed by atoms with Crippen LogP contribution in [0.2, 0.25) is 5.02 Å². The zero-order valence-corrected chi connectivity index (χ0v) is 20.6. The van der Waals surface area contributed by atoms with Crippen molar-refractivity contribution >= 4 is 47.2 Å². The van der Waals surface area contributed by atoms with Gasteiger partial charge in [-0.25, -0.2) is 13.8 Å². The molecule has 34 heavy (non-hydrogen) atoms. The fourth-order valence-corrected chi connectivity index (χ4v) is 5.28. The highest BCUT2D eigenvalue weighted by atomic mass is 35.5. The monoisotopic (exact) mass is 509 g/mol. The Kier molecular flexibility index (Phi) is 7.50. The summed E-state index contributed by atoms with van der Waals surface area (Å²) in [5.74, 6) is 0.714. The van der Waals surface area contributed by atoms with E-state index >= 15 is 0 Å². The van der Waals surface area contributed by atoms with Gasteiger partial charge in [0.2, 0.25) is 5.95 Å². The van der Waals surface area contributed by atoms with Crippen LogP contribution in [-0.4, -0.2) is 64.0 Å². The number of aromatic nitrogens is 4. The van der Waals surface area contributed by atoms with Gasteiger partial charge in [0.05, 0.1) is 36.4 Å². The molecule has 0 atom stereocenters. The highest BCUT2D eigenvalue weighted by Gasteiger charge is 2.23. The molecule has 1 aliphatic rings. The fraction of sp³-hybridized carbons (Fsp3) is 0.409. The standard InChI is InChI=1S/C22H27ClF2N7OP/c1-34(2,33)19-6-4-3-5-18(19)29-21-17(23)12-26-22(30-21)28-15-11-27-32(13-15)16-7-9-31(10-8-16)14-20(24)25/h3-6,11-13,16,20H,7-10,14H2,1-2H3,(H2,26,28,29,30). The third-order valence-corrected chi connectivity index (χ3v) is 7.49. The number of likely N-dealkylation sites (tertiary alicyclic amines) is 1. The zero-order valence-electron chi connectivity index (χ0n) is 19.0. The molecule has 8 nitrogen and oxygen atoms in total. The quantitative estimate of drug-likeness (QED) is 0.415. The number of piperidine rings is 1. The van der Waals surface area contributed by atoms with Crippen molar-refractivity contribution in [3.8, 4) is 0 Å². The number of hydrogen-bond acceptors (Lipinski definition) is 7. The summed E-state index contributed by atoms with van der Waals surface area (Å²) in [6.45, 7) is 4.49. The predicted molar refractivity (Wildman–Crippen MR) is 132 cm³/mol. The van der Waals surface area contributed by atoms with Crippen LogP contribution in [0.3, 0.4) is 0 Å². The van der Waals surface area contributed by atoms with Gasteiger partial charge in [-0.3, -0.25) is 9.58 Å². The van der Waals surface area contributed by atoms with E-state index in [1.807, 2.05) is 35.1 Å². The van der Waals surface area contributed by atoms with Gasteiger partial charge in [0.1, 0.15) is 12.2 Å². The number of nitrogens with one attached hydrogen (secondary N) is 2. The van der Waals surface area contributed by atoms with Gasteiger partial charge in [-0.15, -0.1) is 0 Å². The minimum atomic E-state index is -2.51. The van der Waals surface area contributed by atoms with Crippen molar-refractivity contribution < 1.29 is 13.3 Å². The second-order valence-corrected chi connectivity index (χ2v) is 12.2. The molecule has 3 heterocycles. The largest absolute Gasteiger partial charge is 0.338 e. The van der Waals surface area contributed by atoms with Crippen LogP contribution < -0.4 is 15.9 Å². The van der Waals surface area contributed by atoms with Crippen LogP contribution in [0.25, 0.3) is 0 Å². The molecular weight excluding hydrogens is 483 g/mol. The first kappa shape index (κ1) is 24.6. The first-order valence-corrected chi connectivity index (χ1v) is 13.9. The lowest BCUT2D eigenvalue weighted by molar-refractivity contribution is 0.0690. The predicted octanol–water partition coefficient (Wildman–Crippen LogP) is 4.96. The van der Waals surface area contributed by atoms with Crippen molar-refractivity contribution in [2.45, 2.75) is 25.3 Å². The maximum atomic E-state index is 12.7. The van der Waals surface area contributed by atoms with Gasteiger partial charge < -0.3 is 15.2 Å². The molecule has 0 radical (unpaired) electrons. The molecule has 1 aromatic carbocycles. The molecule has 1 aliphatic heterocycles. The van der Waals surface area contributed by atoms with Gasteiger partial charge in [-0.1, -0.05) is 23.7 Å². The lowest BCUT2D eigenvalue weighted by Gasteiger charge is -2.31. The molecule has 0 spiro atoms. The smallest absolute Gasteiger partial charge is 0.251 e. The highest BCUT2D eigenvalue weighted by molar-refractivity contribution is 7.70. The number of alkyl halides is 2. The molecule has 2 aromatic heterocycles. The molecule has 0 saturated carbocycles. The molecular formula is C22H27ClF2N7OP. The Morgan fingerprint density at radius 2 is 1.91 bits per heavy atom. The van der Waals surface area contributed by atoms with Gasteiger partial charge in [0, 0.05) is 24.6 Å². The number of rotatable bonds is 8. The van der Waals surface area contributed by atoms with Crippen molar-refractivity contribution in [3.63, 3.8) is 0 Å². The summed E-state index contributed by atoms with van der Waals surface area (Å²) in [5.41, 5.74) is 1.38. The number of nitrogens with zero attached hydrogens (tertiary/aromatic N) is 5. The molecule has 0 bridgehead atoms. The molecule has 4 rings (SSSR count). The van der Waals surface area contributed by atoms with E-state index in [0.717, 1.165) is 12.8 Å². The molecule has 0 aliphatic carbocycles. The second-order valence-electron chi connectivity index (χ2n) is 8.64. The lowest BCUT2D eigenvalue weighted by atomic mass is 10.1. The molecule has 0 amide bonds. The summed E-state index contributed by atoms with van der Waals surface area (Å²) < 4.78 is 39.7. The minimum absolute atomic E-state index is 0.156. The summed E-state index contributed by atoms with van der Waals surface area (Å²) in [5, 5.41) is 11.8. The summed E-state index contributed by atoms with van der Waals surface area (Å²) in [4.78, 5) is 10.5. The third-order valence-electron chi connectivity index (χ3n) is 5.67. The van der Waals surface area contributed by atoms with Crippen molar-refractivity contribution in [2.75, 3.05) is 43.6 Å². The Morgan fingerprint density at radius 3 is 2.62 bits per heavy atom. The molecule has 1 fully saturated rings. The summed E-state index contributed by atoms with van der Waals surface area (Å²) in [6.07, 6.45) is 4.24. The van der Waals surface area contributed by atoms with E-state index in [4.69, 9.17) is 11.6 Å². The maximum Gasteiger partial charge on any atom is 0.251 e. The Bertz CT molecular complexity index is 1180. The Balaban J connectivity index is 1.44. The second kappa shape index (κ2) is 10.4. The van der Waals surface area contributed by atoms with Gasteiger partial charge in [0.25, 0.3) is 6.43 Å². The average molecular weight is 510 g/mol. The number of anilines is 4. The fourth-order valence-electron chi connectivity index (χ4n) is 3.98. The van der Waals surface area contributed by atoms with Crippen LogP contribution in [0.1, 0.15) is 18.9 Å². The SMILES string of the molecule is CP(C)(=O)c1ccccc1Nc1nc(Nc2cnn(C3CCN(CC(F)F)CC3)c2)ncc1Cl. The number of hydrogen-bond donors (Lipinski definition) is 2. The summed E-state index contributed by atoms with van der Waals surface area (Å²) in [7, 11) is -2.51. The van der Waals surface area contributed by atoms with Gasteiger partial charge >= 0.3 is 0 Å². The van der Waals surface area contributed by atoms with E-state index in [2.05, 4.69) is 25.7 Å². The van der Waals surface area contributed by atoms with Crippen LogP contribution in [0.15, 0.2) is 42.9 Å². The first-order valence-electron chi connectivity index (χ1n) is 10.9. The van der Waals surface area contributed by atoms with Crippen molar-refractivity contribution in [1.82, 2.24) is 24.6 Å². The molecule has 0 unspecified atom stereocenters. The zero-order chi connectivity index (χ0) is 24.3. The topological polar surface area (TPSA) is 88.0 Å². The van der Waals surface area contributed by atoms with Crippen LogP contribution in [-0.2, 0) is 4.57 Å². The Labute approximate surface area is 202 Å². The molecule has 182 valence electrons. The van der Waals surface area contributed by atoms with E-state index in [9.17, 15) is 13.3 Å². The average Bonchev–Trinajstić information content (AvgIpc) is 3.24. The van der Waals surface area contributed by atoms with Crippen molar-refractivity contribution in [2.24, 2.45) is 0 Å². The number of para-hydroxylation sites is 1.